The van der Waals surface area contributed by atoms with Gasteiger partial charge in [0.15, 0.2) is 0 Å². The average molecular weight is 213 g/mol. The van der Waals surface area contributed by atoms with Crippen molar-refractivity contribution < 1.29 is 0 Å². The Morgan fingerprint density at radius 3 is 2.60 bits per heavy atom. The van der Waals surface area contributed by atoms with Gasteiger partial charge in [0.2, 0.25) is 0 Å². The number of rotatable bonds is 1. The quantitative estimate of drug-likeness (QED) is 0.724. The molecular formula is C13H11NS. The predicted octanol–water partition coefficient (Wildman–Crippen LogP) is 2.73. The molecule has 0 radical (unpaired) electrons. The van der Waals surface area contributed by atoms with E-state index < -0.39 is 0 Å². The van der Waals surface area contributed by atoms with Gasteiger partial charge in [-0.1, -0.05) is 42.2 Å². The van der Waals surface area contributed by atoms with E-state index >= 15 is 0 Å². The van der Waals surface area contributed by atoms with Crippen LogP contribution >= 0.6 is 11.3 Å². The molecule has 0 aliphatic carbocycles. The van der Waals surface area contributed by atoms with Crippen molar-refractivity contribution in [3.8, 4) is 22.3 Å². The first-order valence-electron chi connectivity index (χ1n) is 4.74. The lowest BCUT2D eigenvalue weighted by Gasteiger charge is -1.93. The lowest BCUT2D eigenvalue weighted by Crippen LogP contribution is -1.92. The van der Waals surface area contributed by atoms with E-state index in [2.05, 4.69) is 30.0 Å². The van der Waals surface area contributed by atoms with Crippen molar-refractivity contribution in [1.82, 2.24) is 0 Å². The molecule has 0 amide bonds. The van der Waals surface area contributed by atoms with Crippen LogP contribution in [0.5, 0.6) is 0 Å². The van der Waals surface area contributed by atoms with Gasteiger partial charge in [-0.15, -0.1) is 11.3 Å². The van der Waals surface area contributed by atoms with Gasteiger partial charge in [0.1, 0.15) is 0 Å². The number of thiophene rings is 1. The van der Waals surface area contributed by atoms with Crippen LogP contribution < -0.4 is 5.73 Å². The van der Waals surface area contributed by atoms with Crippen LogP contribution in [0.3, 0.4) is 0 Å². The van der Waals surface area contributed by atoms with Crippen LogP contribution in [0.4, 0.5) is 0 Å². The fraction of sp³-hybridized carbons (Fsp3) is 0.0769. The van der Waals surface area contributed by atoms with Crippen molar-refractivity contribution in [2.75, 3.05) is 6.54 Å². The summed E-state index contributed by atoms with van der Waals surface area (Å²) in [5.41, 5.74) is 6.56. The fourth-order valence-corrected chi connectivity index (χ4v) is 2.19. The number of hydrogen-bond donors (Lipinski definition) is 1. The molecule has 0 aliphatic heterocycles. The van der Waals surface area contributed by atoms with Crippen LogP contribution in [0.15, 0.2) is 42.5 Å². The molecule has 1 nitrogen and oxygen atoms in total. The summed E-state index contributed by atoms with van der Waals surface area (Å²) in [7, 11) is 0. The van der Waals surface area contributed by atoms with E-state index in [1.807, 2.05) is 24.3 Å². The van der Waals surface area contributed by atoms with E-state index in [9.17, 15) is 0 Å². The second kappa shape index (κ2) is 4.79. The Labute approximate surface area is 93.6 Å². The molecular weight excluding hydrogens is 202 g/mol. The standard InChI is InChI=1S/C13H11NS/c14-10-4-7-12-8-9-13(15-12)11-5-2-1-3-6-11/h1-3,5-6,8-9H,10,14H2. The maximum atomic E-state index is 5.33. The van der Waals surface area contributed by atoms with Crippen LogP contribution in [0.2, 0.25) is 0 Å². The zero-order valence-electron chi connectivity index (χ0n) is 8.23. The van der Waals surface area contributed by atoms with Gasteiger partial charge in [-0.05, 0) is 17.7 Å². The highest BCUT2D eigenvalue weighted by atomic mass is 32.1. The maximum Gasteiger partial charge on any atom is 0.0775 e. The van der Waals surface area contributed by atoms with E-state index in [4.69, 9.17) is 5.73 Å². The molecule has 74 valence electrons. The maximum absolute atomic E-state index is 5.33. The topological polar surface area (TPSA) is 26.0 Å². The molecule has 0 saturated heterocycles. The second-order valence-corrected chi connectivity index (χ2v) is 4.12. The summed E-state index contributed by atoms with van der Waals surface area (Å²) >= 11 is 1.70. The normalized spacial score (nSPS) is 9.40. The Balaban J connectivity index is 2.28. The predicted molar refractivity (Wildman–Crippen MR) is 65.7 cm³/mol. The average Bonchev–Trinajstić information content (AvgIpc) is 2.76. The van der Waals surface area contributed by atoms with E-state index in [0.29, 0.717) is 6.54 Å². The number of nitrogens with two attached hydrogens (primary N) is 1. The second-order valence-electron chi connectivity index (χ2n) is 3.04. The largest absolute Gasteiger partial charge is 0.320 e. The Morgan fingerprint density at radius 1 is 1.07 bits per heavy atom. The van der Waals surface area contributed by atoms with Gasteiger partial charge in [0.25, 0.3) is 0 Å². The molecule has 2 heteroatoms. The van der Waals surface area contributed by atoms with Gasteiger partial charge in [-0.2, -0.15) is 0 Å². The zero-order chi connectivity index (χ0) is 10.5. The molecule has 1 heterocycles. The van der Waals surface area contributed by atoms with Crippen molar-refractivity contribution >= 4 is 11.3 Å². The van der Waals surface area contributed by atoms with Gasteiger partial charge in [0.05, 0.1) is 11.4 Å². The minimum Gasteiger partial charge on any atom is -0.320 e. The molecule has 0 fully saturated rings. The third-order valence-corrected chi connectivity index (χ3v) is 3.03. The summed E-state index contributed by atoms with van der Waals surface area (Å²) in [6.07, 6.45) is 0. The van der Waals surface area contributed by atoms with Crippen molar-refractivity contribution in [2.24, 2.45) is 5.73 Å². The Bertz CT molecular complexity index is 488. The molecule has 0 bridgehead atoms. The highest BCUT2D eigenvalue weighted by molar-refractivity contribution is 7.16. The molecule has 2 rings (SSSR count). The van der Waals surface area contributed by atoms with E-state index in [1.54, 1.807) is 11.3 Å². The van der Waals surface area contributed by atoms with Crippen molar-refractivity contribution in [2.45, 2.75) is 0 Å². The van der Waals surface area contributed by atoms with E-state index in [0.717, 1.165) is 4.88 Å². The molecule has 1 aromatic heterocycles. The molecule has 0 spiro atoms. The molecule has 2 N–H and O–H groups in total. The third-order valence-electron chi connectivity index (χ3n) is 1.98. The van der Waals surface area contributed by atoms with Crippen molar-refractivity contribution in [3.63, 3.8) is 0 Å². The molecule has 2 aromatic rings. The first kappa shape index (κ1) is 9.97. The molecule has 15 heavy (non-hydrogen) atoms. The smallest absolute Gasteiger partial charge is 0.0775 e. The Kier molecular flexibility index (Phi) is 3.18. The first-order valence-corrected chi connectivity index (χ1v) is 5.56. The Hall–Kier alpha value is -1.56. The zero-order valence-corrected chi connectivity index (χ0v) is 9.05. The summed E-state index contributed by atoms with van der Waals surface area (Å²) in [6.45, 7) is 0.415. The highest BCUT2D eigenvalue weighted by Gasteiger charge is 1.99. The van der Waals surface area contributed by atoms with Gasteiger partial charge in [-0.3, -0.25) is 0 Å². The van der Waals surface area contributed by atoms with Crippen LogP contribution in [-0.4, -0.2) is 6.54 Å². The molecule has 1 aromatic carbocycles. The first-order chi connectivity index (χ1) is 7.40. The summed E-state index contributed by atoms with van der Waals surface area (Å²) < 4.78 is 0. The molecule has 0 unspecified atom stereocenters. The van der Waals surface area contributed by atoms with Crippen LogP contribution in [0.25, 0.3) is 10.4 Å². The van der Waals surface area contributed by atoms with E-state index in [1.165, 1.54) is 10.4 Å². The van der Waals surface area contributed by atoms with Gasteiger partial charge in [-0.25, -0.2) is 0 Å². The summed E-state index contributed by atoms with van der Waals surface area (Å²) in [6, 6.07) is 14.4. The molecule has 0 atom stereocenters. The monoisotopic (exact) mass is 213 g/mol. The number of benzene rings is 1. The molecule has 0 saturated carbocycles. The van der Waals surface area contributed by atoms with Crippen LogP contribution in [-0.2, 0) is 0 Å². The van der Waals surface area contributed by atoms with Gasteiger partial charge in [0, 0.05) is 4.88 Å². The summed E-state index contributed by atoms with van der Waals surface area (Å²) in [4.78, 5) is 2.32. The minimum atomic E-state index is 0.415. The lowest BCUT2D eigenvalue weighted by atomic mass is 10.2. The minimum absolute atomic E-state index is 0.415. The number of hydrogen-bond acceptors (Lipinski definition) is 2. The molecule has 0 aliphatic rings. The Morgan fingerprint density at radius 2 is 1.87 bits per heavy atom. The van der Waals surface area contributed by atoms with E-state index in [-0.39, 0.29) is 0 Å². The van der Waals surface area contributed by atoms with Gasteiger partial charge < -0.3 is 5.73 Å². The van der Waals surface area contributed by atoms with Crippen LogP contribution in [0.1, 0.15) is 4.88 Å². The van der Waals surface area contributed by atoms with Crippen molar-refractivity contribution in [1.29, 1.82) is 0 Å². The highest BCUT2D eigenvalue weighted by Crippen LogP contribution is 2.27. The lowest BCUT2D eigenvalue weighted by molar-refractivity contribution is 1.30. The van der Waals surface area contributed by atoms with Crippen molar-refractivity contribution in [3.05, 3.63) is 47.3 Å². The van der Waals surface area contributed by atoms with Gasteiger partial charge >= 0.3 is 0 Å². The SMILES string of the molecule is NCC#Cc1ccc(-c2ccccc2)s1. The summed E-state index contributed by atoms with van der Waals surface area (Å²) in [5, 5.41) is 0. The van der Waals surface area contributed by atoms with Crippen LogP contribution in [0, 0.1) is 11.8 Å². The third kappa shape index (κ3) is 2.47. The summed E-state index contributed by atoms with van der Waals surface area (Å²) in [5.74, 6) is 5.90. The fourth-order valence-electron chi connectivity index (χ4n) is 1.30.